The van der Waals surface area contributed by atoms with Crippen molar-refractivity contribution in [3.05, 3.63) is 17.7 Å². The molecule has 1 aliphatic heterocycles. The van der Waals surface area contributed by atoms with Crippen LogP contribution in [0.4, 0.5) is 0 Å². The molecule has 0 unspecified atom stereocenters. The van der Waals surface area contributed by atoms with Gasteiger partial charge in [0.25, 0.3) is 0 Å². The summed E-state index contributed by atoms with van der Waals surface area (Å²) in [6, 6.07) is 3.82. The van der Waals surface area contributed by atoms with Crippen molar-refractivity contribution in [2.24, 2.45) is 0 Å². The Hall–Kier alpha value is -1.17. The highest BCUT2D eigenvalue weighted by molar-refractivity contribution is 5.85. The lowest BCUT2D eigenvalue weighted by Gasteiger charge is -2.30. The number of benzene rings is 1. The Kier molecular flexibility index (Phi) is 7.08. The molecule has 1 aliphatic rings. The summed E-state index contributed by atoms with van der Waals surface area (Å²) >= 11 is 0. The van der Waals surface area contributed by atoms with E-state index in [1.54, 1.807) is 21.3 Å². The number of methoxy groups -OCH3 is 3. The van der Waals surface area contributed by atoms with Crippen LogP contribution in [0.25, 0.3) is 0 Å². The van der Waals surface area contributed by atoms with Gasteiger partial charge in [-0.2, -0.15) is 0 Å². The second-order valence-electron chi connectivity index (χ2n) is 5.03. The molecule has 0 saturated carbocycles. The minimum atomic E-state index is -0.154. The van der Waals surface area contributed by atoms with Crippen molar-refractivity contribution in [2.75, 3.05) is 34.4 Å². The maximum absolute atomic E-state index is 9.56. The molecule has 0 aliphatic carbocycles. The molecular weight excluding hydrogens is 294 g/mol. The van der Waals surface area contributed by atoms with Crippen molar-refractivity contribution in [3.8, 4) is 17.2 Å². The maximum atomic E-state index is 9.56. The highest BCUT2D eigenvalue weighted by Crippen LogP contribution is 2.35. The summed E-state index contributed by atoms with van der Waals surface area (Å²) in [6.07, 6.45) is 1.50. The number of hydrogen-bond donors (Lipinski definition) is 1. The van der Waals surface area contributed by atoms with E-state index >= 15 is 0 Å². The Morgan fingerprint density at radius 3 is 2.05 bits per heavy atom. The zero-order valence-electron chi connectivity index (χ0n) is 12.8. The van der Waals surface area contributed by atoms with Gasteiger partial charge in [0.1, 0.15) is 5.75 Å². The highest BCUT2D eigenvalue weighted by Gasteiger charge is 2.19. The third kappa shape index (κ3) is 4.40. The molecule has 1 heterocycles. The first kappa shape index (κ1) is 17.9. The second-order valence-corrected chi connectivity index (χ2v) is 5.03. The van der Waals surface area contributed by atoms with Gasteiger partial charge in [0.15, 0.2) is 11.5 Å². The van der Waals surface area contributed by atoms with Gasteiger partial charge in [0.2, 0.25) is 0 Å². The molecule has 0 spiro atoms. The van der Waals surface area contributed by atoms with Gasteiger partial charge in [0.05, 0.1) is 27.4 Å². The molecule has 1 saturated heterocycles. The topological polar surface area (TPSA) is 51.2 Å². The van der Waals surface area contributed by atoms with Gasteiger partial charge in [-0.1, -0.05) is 0 Å². The molecule has 21 heavy (non-hydrogen) atoms. The van der Waals surface area contributed by atoms with E-state index in [0.717, 1.165) is 43.8 Å². The quantitative estimate of drug-likeness (QED) is 0.901. The number of rotatable bonds is 5. The Morgan fingerprint density at radius 1 is 1.00 bits per heavy atom. The lowest BCUT2D eigenvalue weighted by atomic mass is 10.1. The SMILES string of the molecule is COc1cc(OC)c(OC)cc1CN1CCC(O)CC1.Cl. The van der Waals surface area contributed by atoms with E-state index in [1.807, 2.05) is 12.1 Å². The van der Waals surface area contributed by atoms with Gasteiger partial charge >= 0.3 is 0 Å². The number of aliphatic hydroxyl groups is 1. The number of likely N-dealkylation sites (tertiary alicyclic amines) is 1. The fourth-order valence-electron chi connectivity index (χ4n) is 2.53. The lowest BCUT2D eigenvalue weighted by Crippen LogP contribution is -2.35. The molecule has 5 nitrogen and oxygen atoms in total. The number of halogens is 1. The van der Waals surface area contributed by atoms with Crippen LogP contribution in [-0.2, 0) is 6.54 Å². The zero-order chi connectivity index (χ0) is 14.5. The van der Waals surface area contributed by atoms with Gasteiger partial charge in [-0.15, -0.1) is 12.4 Å². The van der Waals surface area contributed by atoms with Crippen molar-refractivity contribution in [1.82, 2.24) is 4.90 Å². The molecule has 0 amide bonds. The molecule has 1 N–H and O–H groups in total. The summed E-state index contributed by atoms with van der Waals surface area (Å²) in [5.74, 6) is 2.18. The van der Waals surface area contributed by atoms with Crippen molar-refractivity contribution in [3.63, 3.8) is 0 Å². The molecule has 2 rings (SSSR count). The van der Waals surface area contributed by atoms with Crippen LogP contribution in [0.1, 0.15) is 18.4 Å². The predicted octanol–water partition coefficient (Wildman–Crippen LogP) is 2.09. The van der Waals surface area contributed by atoms with E-state index in [1.165, 1.54) is 0 Å². The van der Waals surface area contributed by atoms with E-state index in [2.05, 4.69) is 4.90 Å². The van der Waals surface area contributed by atoms with E-state index < -0.39 is 0 Å². The standard InChI is InChI=1S/C15H23NO4.ClH/c1-18-13-9-15(20-3)14(19-2)8-11(13)10-16-6-4-12(17)5-7-16;/h8-9,12,17H,4-7,10H2,1-3H3;1H. The van der Waals surface area contributed by atoms with Gasteiger partial charge in [0, 0.05) is 31.3 Å². The summed E-state index contributed by atoms with van der Waals surface area (Å²) in [5, 5.41) is 9.56. The third-order valence-electron chi connectivity index (χ3n) is 3.74. The van der Waals surface area contributed by atoms with Gasteiger partial charge in [-0.3, -0.25) is 4.90 Å². The smallest absolute Gasteiger partial charge is 0.164 e. The lowest BCUT2D eigenvalue weighted by molar-refractivity contribution is 0.0788. The van der Waals surface area contributed by atoms with Crippen LogP contribution in [0.2, 0.25) is 0 Å². The molecule has 1 aromatic carbocycles. The van der Waals surface area contributed by atoms with Crippen LogP contribution in [0.15, 0.2) is 12.1 Å². The van der Waals surface area contributed by atoms with E-state index in [9.17, 15) is 5.11 Å². The highest BCUT2D eigenvalue weighted by atomic mass is 35.5. The van der Waals surface area contributed by atoms with E-state index in [-0.39, 0.29) is 18.5 Å². The third-order valence-corrected chi connectivity index (χ3v) is 3.74. The number of piperidine rings is 1. The number of aliphatic hydroxyl groups excluding tert-OH is 1. The molecule has 0 radical (unpaired) electrons. The van der Waals surface area contributed by atoms with Crippen LogP contribution in [0, 0.1) is 0 Å². The Bertz CT molecular complexity index is 448. The van der Waals surface area contributed by atoms with Crippen LogP contribution >= 0.6 is 12.4 Å². The monoisotopic (exact) mass is 317 g/mol. The largest absolute Gasteiger partial charge is 0.496 e. The normalized spacial score (nSPS) is 16.2. The van der Waals surface area contributed by atoms with Crippen LogP contribution < -0.4 is 14.2 Å². The van der Waals surface area contributed by atoms with Gasteiger partial charge < -0.3 is 19.3 Å². The van der Waals surface area contributed by atoms with Gasteiger partial charge in [-0.05, 0) is 18.9 Å². The molecule has 1 fully saturated rings. The minimum Gasteiger partial charge on any atom is -0.496 e. The van der Waals surface area contributed by atoms with E-state index in [4.69, 9.17) is 14.2 Å². The van der Waals surface area contributed by atoms with Crippen molar-refractivity contribution < 1.29 is 19.3 Å². The molecule has 0 bridgehead atoms. The van der Waals surface area contributed by atoms with Crippen LogP contribution in [0.3, 0.4) is 0 Å². The second kappa shape index (κ2) is 8.32. The molecular formula is C15H24ClNO4. The Labute approximate surface area is 132 Å². The van der Waals surface area contributed by atoms with Crippen LogP contribution in [0.5, 0.6) is 17.2 Å². The fraction of sp³-hybridized carbons (Fsp3) is 0.600. The Balaban J connectivity index is 0.00000220. The first-order valence-electron chi connectivity index (χ1n) is 6.87. The number of nitrogens with zero attached hydrogens (tertiary/aromatic N) is 1. The maximum Gasteiger partial charge on any atom is 0.164 e. The van der Waals surface area contributed by atoms with Crippen molar-refractivity contribution in [1.29, 1.82) is 0 Å². The van der Waals surface area contributed by atoms with Crippen molar-refractivity contribution >= 4 is 12.4 Å². The molecule has 0 atom stereocenters. The molecule has 0 aromatic heterocycles. The number of ether oxygens (including phenoxy) is 3. The first-order chi connectivity index (χ1) is 9.67. The van der Waals surface area contributed by atoms with E-state index in [0.29, 0.717) is 11.5 Å². The molecule has 120 valence electrons. The summed E-state index contributed by atoms with van der Waals surface area (Å²) in [4.78, 5) is 2.32. The predicted molar refractivity (Wildman–Crippen MR) is 83.9 cm³/mol. The minimum absolute atomic E-state index is 0. The Morgan fingerprint density at radius 2 is 1.52 bits per heavy atom. The summed E-state index contributed by atoms with van der Waals surface area (Å²) < 4.78 is 16.1. The van der Waals surface area contributed by atoms with Gasteiger partial charge in [-0.25, -0.2) is 0 Å². The number of hydrogen-bond acceptors (Lipinski definition) is 5. The zero-order valence-corrected chi connectivity index (χ0v) is 13.6. The summed E-state index contributed by atoms with van der Waals surface area (Å²) in [6.45, 7) is 2.59. The average Bonchev–Trinajstić information content (AvgIpc) is 2.49. The molecule has 6 heteroatoms. The fourth-order valence-corrected chi connectivity index (χ4v) is 2.53. The average molecular weight is 318 g/mol. The summed E-state index contributed by atoms with van der Waals surface area (Å²) in [5.41, 5.74) is 1.07. The first-order valence-corrected chi connectivity index (χ1v) is 6.87. The summed E-state index contributed by atoms with van der Waals surface area (Å²) in [7, 11) is 4.90. The van der Waals surface area contributed by atoms with Crippen LogP contribution in [-0.4, -0.2) is 50.5 Å². The molecule has 1 aromatic rings. The van der Waals surface area contributed by atoms with Crippen molar-refractivity contribution in [2.45, 2.75) is 25.5 Å².